The van der Waals surface area contributed by atoms with Crippen LogP contribution in [0.4, 0.5) is 4.79 Å². The van der Waals surface area contributed by atoms with Gasteiger partial charge >= 0.3 is 6.09 Å². The van der Waals surface area contributed by atoms with E-state index in [0.29, 0.717) is 26.2 Å². The van der Waals surface area contributed by atoms with E-state index in [4.69, 9.17) is 4.74 Å². The molecular weight excluding hydrogens is 244 g/mol. The van der Waals surface area contributed by atoms with Crippen LogP contribution in [0.25, 0.3) is 0 Å². The summed E-state index contributed by atoms with van der Waals surface area (Å²) >= 11 is 0. The maximum Gasteiger partial charge on any atom is 0.409 e. The Morgan fingerprint density at radius 1 is 1.32 bits per heavy atom. The highest BCUT2D eigenvalue weighted by Crippen LogP contribution is 2.04. The molecule has 0 aliphatic carbocycles. The average molecular weight is 268 g/mol. The molecule has 19 heavy (non-hydrogen) atoms. The first kappa shape index (κ1) is 15.3. The second-order valence-electron chi connectivity index (χ2n) is 4.16. The Morgan fingerprint density at radius 2 is 1.95 bits per heavy atom. The van der Waals surface area contributed by atoms with Crippen molar-refractivity contribution in [2.24, 2.45) is 4.99 Å². The minimum Gasteiger partial charge on any atom is -0.450 e. The number of nitrogens with one attached hydrogen (secondary N) is 1. The molecule has 0 aromatic rings. The molecule has 1 aliphatic rings. The van der Waals surface area contributed by atoms with Crippen LogP contribution in [0.1, 0.15) is 13.8 Å². The van der Waals surface area contributed by atoms with Crippen molar-refractivity contribution < 1.29 is 9.53 Å². The first-order chi connectivity index (χ1) is 9.22. The SMILES string of the molecule is C=CCN=C(NCC)N1CCN(C(=O)OCC)CC1. The van der Waals surface area contributed by atoms with Crippen LogP contribution in [0.2, 0.25) is 0 Å². The summed E-state index contributed by atoms with van der Waals surface area (Å²) in [7, 11) is 0. The quantitative estimate of drug-likeness (QED) is 0.468. The van der Waals surface area contributed by atoms with Gasteiger partial charge in [0, 0.05) is 32.7 Å². The van der Waals surface area contributed by atoms with Gasteiger partial charge in [-0.15, -0.1) is 6.58 Å². The zero-order valence-electron chi connectivity index (χ0n) is 11.9. The van der Waals surface area contributed by atoms with Gasteiger partial charge in [0.1, 0.15) is 0 Å². The van der Waals surface area contributed by atoms with Crippen molar-refractivity contribution in [3.05, 3.63) is 12.7 Å². The largest absolute Gasteiger partial charge is 0.450 e. The van der Waals surface area contributed by atoms with Crippen molar-refractivity contribution in [3.63, 3.8) is 0 Å². The molecule has 0 aromatic carbocycles. The highest BCUT2D eigenvalue weighted by Gasteiger charge is 2.23. The van der Waals surface area contributed by atoms with Gasteiger partial charge < -0.3 is 19.9 Å². The van der Waals surface area contributed by atoms with E-state index in [1.165, 1.54) is 0 Å². The molecule has 0 saturated carbocycles. The van der Waals surface area contributed by atoms with E-state index >= 15 is 0 Å². The number of hydrogen-bond acceptors (Lipinski definition) is 3. The van der Waals surface area contributed by atoms with Gasteiger partial charge in [-0.05, 0) is 13.8 Å². The monoisotopic (exact) mass is 268 g/mol. The first-order valence-electron chi connectivity index (χ1n) is 6.78. The molecule has 1 heterocycles. The second kappa shape index (κ2) is 8.39. The Bertz CT molecular complexity index is 323. The minimum atomic E-state index is -0.227. The third kappa shape index (κ3) is 4.81. The van der Waals surface area contributed by atoms with E-state index in [1.807, 2.05) is 13.8 Å². The predicted molar refractivity (Wildman–Crippen MR) is 76.3 cm³/mol. The summed E-state index contributed by atoms with van der Waals surface area (Å²) in [4.78, 5) is 19.9. The minimum absolute atomic E-state index is 0.227. The van der Waals surface area contributed by atoms with Crippen LogP contribution in [-0.4, -0.2) is 67.7 Å². The van der Waals surface area contributed by atoms with Crippen molar-refractivity contribution >= 4 is 12.1 Å². The van der Waals surface area contributed by atoms with Gasteiger partial charge in [-0.3, -0.25) is 0 Å². The molecule has 6 heteroatoms. The fourth-order valence-corrected chi connectivity index (χ4v) is 1.89. The fourth-order valence-electron chi connectivity index (χ4n) is 1.89. The van der Waals surface area contributed by atoms with Crippen LogP contribution < -0.4 is 5.32 Å². The van der Waals surface area contributed by atoms with Gasteiger partial charge in [0.05, 0.1) is 13.2 Å². The fraction of sp³-hybridized carbons (Fsp3) is 0.692. The lowest BCUT2D eigenvalue weighted by atomic mass is 10.3. The molecule has 0 aromatic heterocycles. The Labute approximate surface area is 115 Å². The Hall–Kier alpha value is -1.72. The van der Waals surface area contributed by atoms with Crippen molar-refractivity contribution in [1.82, 2.24) is 15.1 Å². The van der Waals surface area contributed by atoms with E-state index in [2.05, 4.69) is 21.8 Å². The van der Waals surface area contributed by atoms with Crippen LogP contribution in [0.3, 0.4) is 0 Å². The Kier molecular flexibility index (Phi) is 6.78. The maximum atomic E-state index is 11.6. The lowest BCUT2D eigenvalue weighted by Crippen LogP contribution is -2.53. The number of guanidine groups is 1. The van der Waals surface area contributed by atoms with Crippen molar-refractivity contribution in [2.45, 2.75) is 13.8 Å². The molecule has 0 bridgehead atoms. The topological polar surface area (TPSA) is 57.2 Å². The van der Waals surface area contributed by atoms with E-state index < -0.39 is 0 Å². The number of hydrogen-bond donors (Lipinski definition) is 1. The number of piperazine rings is 1. The third-order valence-corrected chi connectivity index (χ3v) is 2.81. The lowest BCUT2D eigenvalue weighted by Gasteiger charge is -2.35. The predicted octanol–water partition coefficient (Wildman–Crippen LogP) is 0.912. The number of ether oxygens (including phenoxy) is 1. The van der Waals surface area contributed by atoms with E-state index in [-0.39, 0.29) is 6.09 Å². The zero-order chi connectivity index (χ0) is 14.1. The number of rotatable bonds is 4. The summed E-state index contributed by atoms with van der Waals surface area (Å²) in [5.41, 5.74) is 0. The summed E-state index contributed by atoms with van der Waals surface area (Å²) in [5, 5.41) is 3.25. The summed E-state index contributed by atoms with van der Waals surface area (Å²) in [6.07, 6.45) is 1.54. The molecule has 1 amide bonds. The highest BCUT2D eigenvalue weighted by molar-refractivity contribution is 5.80. The Morgan fingerprint density at radius 3 is 2.47 bits per heavy atom. The smallest absolute Gasteiger partial charge is 0.409 e. The van der Waals surface area contributed by atoms with Crippen molar-refractivity contribution in [3.8, 4) is 0 Å². The van der Waals surface area contributed by atoms with Gasteiger partial charge in [0.25, 0.3) is 0 Å². The van der Waals surface area contributed by atoms with E-state index in [1.54, 1.807) is 11.0 Å². The van der Waals surface area contributed by atoms with Crippen LogP contribution >= 0.6 is 0 Å². The molecular formula is C13H24N4O2. The number of carbonyl (C=O) groups is 1. The Balaban J connectivity index is 2.50. The highest BCUT2D eigenvalue weighted by atomic mass is 16.6. The summed E-state index contributed by atoms with van der Waals surface area (Å²) in [6.45, 7) is 12.2. The van der Waals surface area contributed by atoms with Crippen molar-refractivity contribution in [1.29, 1.82) is 0 Å². The number of amides is 1. The number of nitrogens with zero attached hydrogens (tertiary/aromatic N) is 3. The van der Waals surface area contributed by atoms with Gasteiger partial charge in [0.15, 0.2) is 5.96 Å². The summed E-state index contributed by atoms with van der Waals surface area (Å²) < 4.78 is 5.00. The molecule has 1 fully saturated rings. The maximum absolute atomic E-state index is 11.6. The molecule has 0 atom stereocenters. The van der Waals surface area contributed by atoms with Gasteiger partial charge in [0.2, 0.25) is 0 Å². The molecule has 1 aliphatic heterocycles. The number of aliphatic imine (C=N–C) groups is 1. The molecule has 1 saturated heterocycles. The van der Waals surface area contributed by atoms with Gasteiger partial charge in [-0.2, -0.15) is 0 Å². The first-order valence-corrected chi connectivity index (χ1v) is 6.78. The summed E-state index contributed by atoms with van der Waals surface area (Å²) in [5.74, 6) is 0.880. The molecule has 6 nitrogen and oxygen atoms in total. The molecule has 0 radical (unpaired) electrons. The standard InChI is InChI=1S/C13H24N4O2/c1-4-7-15-12(14-5-2)16-8-10-17(11-9-16)13(18)19-6-3/h4H,1,5-11H2,2-3H3,(H,14,15). The van der Waals surface area contributed by atoms with Crippen LogP contribution in [-0.2, 0) is 4.74 Å². The van der Waals surface area contributed by atoms with Crippen molar-refractivity contribution in [2.75, 3.05) is 45.9 Å². The molecule has 1 N–H and O–H groups in total. The van der Waals surface area contributed by atoms with Crippen LogP contribution in [0.5, 0.6) is 0 Å². The zero-order valence-corrected chi connectivity index (χ0v) is 11.9. The normalized spacial score (nSPS) is 16.2. The van der Waals surface area contributed by atoms with E-state index in [9.17, 15) is 4.79 Å². The van der Waals surface area contributed by atoms with Crippen LogP contribution in [0.15, 0.2) is 17.6 Å². The van der Waals surface area contributed by atoms with E-state index in [0.717, 1.165) is 25.6 Å². The van der Waals surface area contributed by atoms with Gasteiger partial charge in [-0.25, -0.2) is 9.79 Å². The van der Waals surface area contributed by atoms with Crippen LogP contribution in [0, 0.1) is 0 Å². The second-order valence-corrected chi connectivity index (χ2v) is 4.16. The van der Waals surface area contributed by atoms with Gasteiger partial charge in [-0.1, -0.05) is 6.08 Å². The molecule has 1 rings (SSSR count). The molecule has 108 valence electrons. The number of carbonyl (C=O) groups excluding carboxylic acids is 1. The average Bonchev–Trinajstić information content (AvgIpc) is 2.44. The molecule has 0 unspecified atom stereocenters. The summed E-state index contributed by atoms with van der Waals surface area (Å²) in [6, 6.07) is 0. The third-order valence-electron chi connectivity index (χ3n) is 2.81. The molecule has 0 spiro atoms. The lowest BCUT2D eigenvalue weighted by molar-refractivity contribution is 0.0914.